The highest BCUT2D eigenvalue weighted by Gasteiger charge is 2.24. The predicted octanol–water partition coefficient (Wildman–Crippen LogP) is 2.83. The number of imidazole rings is 1. The van der Waals surface area contributed by atoms with Crippen LogP contribution in [0.3, 0.4) is 0 Å². The highest BCUT2D eigenvalue weighted by Crippen LogP contribution is 2.31. The Kier molecular flexibility index (Phi) is 2.77. The van der Waals surface area contributed by atoms with Crippen molar-refractivity contribution in [3.63, 3.8) is 0 Å². The zero-order valence-corrected chi connectivity index (χ0v) is 11.3. The Labute approximate surface area is 112 Å². The molecule has 90 valence electrons. The van der Waals surface area contributed by atoms with Gasteiger partial charge in [0, 0.05) is 12.6 Å². The molecule has 2 aromatic rings. The van der Waals surface area contributed by atoms with Gasteiger partial charge in [0.25, 0.3) is 0 Å². The molecule has 0 aromatic carbocycles. The minimum absolute atomic E-state index is 0.174. The van der Waals surface area contributed by atoms with Crippen LogP contribution in [-0.4, -0.2) is 15.6 Å². The Bertz CT molecular complexity index is 563. The predicted molar refractivity (Wildman–Crippen MR) is 68.9 cm³/mol. The molecule has 2 aromatic heterocycles. The molecule has 17 heavy (non-hydrogen) atoms. The third kappa shape index (κ3) is 1.92. The maximum absolute atomic E-state index is 5.99. The molecule has 3 heterocycles. The highest BCUT2D eigenvalue weighted by atomic mass is 79.9. The molecule has 6 heteroatoms. The van der Waals surface area contributed by atoms with Crippen LogP contribution in [0.25, 0.3) is 11.6 Å². The average Bonchev–Trinajstić information content (AvgIpc) is 2.83. The van der Waals surface area contributed by atoms with E-state index in [4.69, 9.17) is 21.8 Å². The topological polar surface area (TPSA) is 57.0 Å². The molecular formula is C11H11BrClN3O. The second-order valence-electron chi connectivity index (χ2n) is 4.19. The fourth-order valence-corrected chi connectivity index (χ4v) is 2.89. The van der Waals surface area contributed by atoms with Gasteiger partial charge in [-0.1, -0.05) is 0 Å². The minimum atomic E-state index is 0.174. The van der Waals surface area contributed by atoms with Gasteiger partial charge in [-0.05, 0) is 52.5 Å². The summed E-state index contributed by atoms with van der Waals surface area (Å²) < 4.78 is 8.38. The molecule has 0 fully saturated rings. The van der Waals surface area contributed by atoms with Crippen LogP contribution in [0.2, 0.25) is 5.22 Å². The number of nitrogens with two attached hydrogens (primary N) is 1. The van der Waals surface area contributed by atoms with Gasteiger partial charge in [0.15, 0.2) is 16.8 Å². The second kappa shape index (κ2) is 4.15. The van der Waals surface area contributed by atoms with Gasteiger partial charge in [-0.3, -0.25) is 0 Å². The molecule has 1 aliphatic heterocycles. The average molecular weight is 317 g/mol. The normalized spacial score (nSPS) is 19.4. The van der Waals surface area contributed by atoms with Crippen LogP contribution in [0.4, 0.5) is 0 Å². The second-order valence-corrected chi connectivity index (χ2v) is 5.31. The SMILES string of the molecule is NC1CCc2c(Br)nc(-c3ccc(Cl)o3)n2C1. The number of halogens is 2. The Morgan fingerprint density at radius 3 is 3.06 bits per heavy atom. The first kappa shape index (κ1) is 11.3. The summed E-state index contributed by atoms with van der Waals surface area (Å²) in [4.78, 5) is 4.48. The van der Waals surface area contributed by atoms with E-state index in [0.29, 0.717) is 11.0 Å². The van der Waals surface area contributed by atoms with E-state index in [-0.39, 0.29) is 6.04 Å². The first-order valence-electron chi connectivity index (χ1n) is 5.41. The van der Waals surface area contributed by atoms with E-state index in [1.807, 2.05) is 6.07 Å². The van der Waals surface area contributed by atoms with E-state index in [2.05, 4.69) is 25.5 Å². The molecule has 0 saturated carbocycles. The molecule has 1 unspecified atom stereocenters. The maximum Gasteiger partial charge on any atom is 0.194 e. The molecule has 0 aliphatic carbocycles. The molecule has 1 atom stereocenters. The Morgan fingerprint density at radius 2 is 2.35 bits per heavy atom. The molecule has 1 aliphatic rings. The summed E-state index contributed by atoms with van der Waals surface area (Å²) in [6.07, 6.45) is 1.92. The van der Waals surface area contributed by atoms with E-state index in [1.54, 1.807) is 6.07 Å². The van der Waals surface area contributed by atoms with Crippen LogP contribution >= 0.6 is 27.5 Å². The van der Waals surface area contributed by atoms with Gasteiger partial charge in [-0.2, -0.15) is 0 Å². The smallest absolute Gasteiger partial charge is 0.194 e. The summed E-state index contributed by atoms with van der Waals surface area (Å²) >= 11 is 9.27. The molecule has 0 bridgehead atoms. The number of nitrogens with zero attached hydrogens (tertiary/aromatic N) is 2. The summed E-state index contributed by atoms with van der Waals surface area (Å²) in [5.41, 5.74) is 7.17. The van der Waals surface area contributed by atoms with Gasteiger partial charge < -0.3 is 14.7 Å². The molecule has 0 saturated heterocycles. The van der Waals surface area contributed by atoms with Gasteiger partial charge in [0.2, 0.25) is 0 Å². The van der Waals surface area contributed by atoms with Crippen LogP contribution in [0.15, 0.2) is 21.2 Å². The third-order valence-electron chi connectivity index (χ3n) is 2.99. The standard InChI is InChI=1S/C11H11BrClN3O/c12-10-7-2-1-6(14)5-16(7)11(15-10)8-3-4-9(13)17-8/h3-4,6H,1-2,5,14H2. The molecule has 4 nitrogen and oxygen atoms in total. The molecule has 0 amide bonds. The Balaban J connectivity index is 2.12. The van der Waals surface area contributed by atoms with E-state index in [0.717, 1.165) is 29.8 Å². The zero-order chi connectivity index (χ0) is 12.0. The number of aromatic nitrogens is 2. The lowest BCUT2D eigenvalue weighted by atomic mass is 10.1. The van der Waals surface area contributed by atoms with Crippen molar-refractivity contribution >= 4 is 27.5 Å². The van der Waals surface area contributed by atoms with E-state index < -0.39 is 0 Å². The van der Waals surface area contributed by atoms with Gasteiger partial charge in [-0.15, -0.1) is 0 Å². The van der Waals surface area contributed by atoms with Crippen LogP contribution in [-0.2, 0) is 13.0 Å². The Morgan fingerprint density at radius 1 is 1.53 bits per heavy atom. The third-order valence-corrected chi connectivity index (χ3v) is 3.82. The van der Waals surface area contributed by atoms with E-state index in [1.165, 1.54) is 5.69 Å². The molecule has 3 rings (SSSR count). The first-order chi connectivity index (χ1) is 8.15. The van der Waals surface area contributed by atoms with Crippen LogP contribution in [0, 0.1) is 0 Å². The van der Waals surface area contributed by atoms with E-state index in [9.17, 15) is 0 Å². The van der Waals surface area contributed by atoms with Crippen molar-refractivity contribution in [2.24, 2.45) is 5.73 Å². The first-order valence-corrected chi connectivity index (χ1v) is 6.58. The van der Waals surface area contributed by atoms with Crippen molar-refractivity contribution in [1.82, 2.24) is 9.55 Å². The monoisotopic (exact) mass is 315 g/mol. The molecular weight excluding hydrogens is 305 g/mol. The van der Waals surface area contributed by atoms with Gasteiger partial charge in [0.1, 0.15) is 4.60 Å². The minimum Gasteiger partial charge on any atom is -0.441 e. The van der Waals surface area contributed by atoms with Crippen molar-refractivity contribution in [3.05, 3.63) is 27.6 Å². The lowest BCUT2D eigenvalue weighted by Gasteiger charge is -2.21. The highest BCUT2D eigenvalue weighted by molar-refractivity contribution is 9.10. The quantitative estimate of drug-likeness (QED) is 0.880. The Hall–Kier alpha value is -0.780. The fourth-order valence-electron chi connectivity index (χ4n) is 2.16. The zero-order valence-electron chi connectivity index (χ0n) is 8.99. The number of hydrogen-bond donors (Lipinski definition) is 1. The van der Waals surface area contributed by atoms with Crippen LogP contribution in [0.1, 0.15) is 12.1 Å². The summed E-state index contributed by atoms with van der Waals surface area (Å²) in [5, 5.41) is 0.369. The number of fused-ring (bicyclic) bond motifs is 1. The molecule has 2 N–H and O–H groups in total. The van der Waals surface area contributed by atoms with Crippen LogP contribution < -0.4 is 5.73 Å². The molecule has 0 spiro atoms. The lowest BCUT2D eigenvalue weighted by Crippen LogP contribution is -2.32. The maximum atomic E-state index is 5.99. The van der Waals surface area contributed by atoms with E-state index >= 15 is 0 Å². The number of hydrogen-bond acceptors (Lipinski definition) is 3. The van der Waals surface area contributed by atoms with Crippen molar-refractivity contribution in [2.45, 2.75) is 25.4 Å². The number of furan rings is 1. The van der Waals surface area contributed by atoms with Crippen molar-refractivity contribution in [1.29, 1.82) is 0 Å². The number of rotatable bonds is 1. The fraction of sp³-hybridized carbons (Fsp3) is 0.364. The van der Waals surface area contributed by atoms with Gasteiger partial charge in [0.05, 0.1) is 5.69 Å². The van der Waals surface area contributed by atoms with Gasteiger partial charge in [-0.25, -0.2) is 4.98 Å². The lowest BCUT2D eigenvalue weighted by molar-refractivity contribution is 0.457. The largest absolute Gasteiger partial charge is 0.441 e. The van der Waals surface area contributed by atoms with Crippen molar-refractivity contribution in [3.8, 4) is 11.6 Å². The van der Waals surface area contributed by atoms with Crippen molar-refractivity contribution in [2.75, 3.05) is 0 Å². The van der Waals surface area contributed by atoms with Gasteiger partial charge >= 0.3 is 0 Å². The van der Waals surface area contributed by atoms with Crippen LogP contribution in [0.5, 0.6) is 0 Å². The van der Waals surface area contributed by atoms with Crippen molar-refractivity contribution < 1.29 is 4.42 Å². The summed E-state index contributed by atoms with van der Waals surface area (Å²) in [5.74, 6) is 1.46. The summed E-state index contributed by atoms with van der Waals surface area (Å²) in [6, 6.07) is 3.72. The summed E-state index contributed by atoms with van der Waals surface area (Å²) in [6.45, 7) is 0.765. The summed E-state index contributed by atoms with van der Waals surface area (Å²) in [7, 11) is 0. The molecule has 0 radical (unpaired) electrons.